The summed E-state index contributed by atoms with van der Waals surface area (Å²) in [5, 5.41) is 0.207. The van der Waals surface area contributed by atoms with E-state index in [1.54, 1.807) is 6.07 Å². The van der Waals surface area contributed by atoms with Gasteiger partial charge in [0.25, 0.3) is 11.8 Å². The van der Waals surface area contributed by atoms with Gasteiger partial charge in [-0.3, -0.25) is 20.4 Å². The lowest BCUT2D eigenvalue weighted by Gasteiger charge is -2.08. The second kappa shape index (κ2) is 6.13. The third-order valence-electron chi connectivity index (χ3n) is 3.10. The van der Waals surface area contributed by atoms with Gasteiger partial charge < -0.3 is 9.47 Å². The van der Waals surface area contributed by atoms with Gasteiger partial charge in [-0.05, 0) is 36.4 Å². The molecule has 2 N–H and O–H groups in total. The minimum absolute atomic E-state index is 0.0885. The van der Waals surface area contributed by atoms with Gasteiger partial charge in [-0.1, -0.05) is 11.6 Å². The van der Waals surface area contributed by atoms with Crippen LogP contribution in [0.1, 0.15) is 20.7 Å². The first-order chi connectivity index (χ1) is 11.0. The van der Waals surface area contributed by atoms with E-state index in [-0.39, 0.29) is 22.9 Å². The van der Waals surface area contributed by atoms with E-state index in [9.17, 15) is 14.0 Å². The highest BCUT2D eigenvalue weighted by molar-refractivity contribution is 6.31. The van der Waals surface area contributed by atoms with Crippen LogP contribution in [0.4, 0.5) is 4.39 Å². The summed E-state index contributed by atoms with van der Waals surface area (Å²) in [6.07, 6.45) is 0. The zero-order valence-electron chi connectivity index (χ0n) is 11.6. The molecule has 0 bridgehead atoms. The van der Waals surface area contributed by atoms with E-state index >= 15 is 0 Å². The van der Waals surface area contributed by atoms with Crippen LogP contribution in [0.25, 0.3) is 0 Å². The monoisotopic (exact) mass is 336 g/mol. The normalized spacial score (nSPS) is 11.9. The summed E-state index contributed by atoms with van der Waals surface area (Å²) in [5.74, 6) is -1.18. The molecular weight excluding hydrogens is 327 g/mol. The summed E-state index contributed by atoms with van der Waals surface area (Å²) in [5.41, 5.74) is 4.29. The number of rotatable bonds is 2. The molecule has 0 unspecified atom stereocenters. The lowest BCUT2D eigenvalue weighted by Crippen LogP contribution is -2.41. The number of carbonyl (C=O) groups excluding carboxylic acids is 2. The highest BCUT2D eigenvalue weighted by Crippen LogP contribution is 2.32. The molecule has 0 saturated heterocycles. The zero-order valence-corrected chi connectivity index (χ0v) is 12.3. The van der Waals surface area contributed by atoms with Crippen LogP contribution in [0.15, 0.2) is 36.4 Å². The van der Waals surface area contributed by atoms with Crippen molar-refractivity contribution in [2.75, 3.05) is 6.79 Å². The number of hydrazine groups is 1. The van der Waals surface area contributed by atoms with E-state index in [2.05, 4.69) is 10.9 Å². The van der Waals surface area contributed by atoms with Crippen LogP contribution in [-0.2, 0) is 0 Å². The van der Waals surface area contributed by atoms with Crippen LogP contribution >= 0.6 is 11.6 Å². The van der Waals surface area contributed by atoms with Gasteiger partial charge >= 0.3 is 0 Å². The molecule has 3 rings (SSSR count). The minimum atomic E-state index is -0.820. The fraction of sp³-hybridized carbons (Fsp3) is 0.0667. The van der Waals surface area contributed by atoms with Gasteiger partial charge in [-0.2, -0.15) is 0 Å². The predicted molar refractivity (Wildman–Crippen MR) is 78.9 cm³/mol. The van der Waals surface area contributed by atoms with Crippen LogP contribution in [0.3, 0.4) is 0 Å². The van der Waals surface area contributed by atoms with E-state index < -0.39 is 17.6 Å². The highest BCUT2D eigenvalue weighted by atomic mass is 35.5. The molecule has 0 aromatic heterocycles. The number of amides is 2. The molecule has 8 heteroatoms. The lowest BCUT2D eigenvalue weighted by atomic mass is 10.2. The fourth-order valence-corrected chi connectivity index (χ4v) is 2.13. The Hall–Kier alpha value is -2.80. The van der Waals surface area contributed by atoms with E-state index in [0.29, 0.717) is 11.5 Å². The number of carbonyl (C=O) groups is 2. The smallest absolute Gasteiger partial charge is 0.272 e. The van der Waals surface area contributed by atoms with E-state index in [0.717, 1.165) is 6.07 Å². The van der Waals surface area contributed by atoms with Gasteiger partial charge in [0.1, 0.15) is 5.82 Å². The van der Waals surface area contributed by atoms with Crippen molar-refractivity contribution >= 4 is 23.4 Å². The van der Waals surface area contributed by atoms with Crippen LogP contribution in [0.5, 0.6) is 11.5 Å². The standard InChI is InChI=1S/C15H10ClFN2O4/c16-9-2-3-11(17)10(6-9)15(21)19-18-14(20)8-1-4-12-13(5-8)23-7-22-12/h1-6H,7H2,(H,18,20)(H,19,21). The second-order valence-electron chi connectivity index (χ2n) is 4.60. The summed E-state index contributed by atoms with van der Waals surface area (Å²) < 4.78 is 23.8. The Morgan fingerprint density at radius 2 is 1.74 bits per heavy atom. The molecule has 1 aliphatic heterocycles. The average molecular weight is 337 g/mol. The number of fused-ring (bicyclic) bond motifs is 1. The number of nitrogens with one attached hydrogen (secondary N) is 2. The Bertz CT molecular complexity index is 797. The molecule has 2 aromatic rings. The molecule has 0 aliphatic carbocycles. The first-order valence-electron chi connectivity index (χ1n) is 6.50. The van der Waals surface area contributed by atoms with Crippen molar-refractivity contribution in [2.45, 2.75) is 0 Å². The van der Waals surface area contributed by atoms with Gasteiger partial charge in [0, 0.05) is 10.6 Å². The van der Waals surface area contributed by atoms with E-state index in [4.69, 9.17) is 21.1 Å². The predicted octanol–water partition coefficient (Wildman–Crippen LogP) is 2.28. The minimum Gasteiger partial charge on any atom is -0.454 e. The zero-order chi connectivity index (χ0) is 16.4. The number of benzene rings is 2. The molecule has 2 aromatic carbocycles. The molecule has 23 heavy (non-hydrogen) atoms. The van der Waals surface area contributed by atoms with Crippen LogP contribution in [0, 0.1) is 5.82 Å². The largest absolute Gasteiger partial charge is 0.454 e. The van der Waals surface area contributed by atoms with Crippen molar-refractivity contribution in [3.63, 3.8) is 0 Å². The third kappa shape index (κ3) is 3.19. The second-order valence-corrected chi connectivity index (χ2v) is 5.04. The Labute approximate surface area is 135 Å². The van der Waals surface area contributed by atoms with E-state index in [1.165, 1.54) is 24.3 Å². The average Bonchev–Trinajstić information content (AvgIpc) is 3.02. The maximum atomic E-state index is 13.6. The lowest BCUT2D eigenvalue weighted by molar-refractivity contribution is 0.0844. The van der Waals surface area contributed by atoms with Crippen molar-refractivity contribution in [1.29, 1.82) is 0 Å². The SMILES string of the molecule is O=C(NNC(=O)c1cc(Cl)ccc1F)c1ccc2c(c1)OCO2. The topological polar surface area (TPSA) is 76.7 Å². The van der Waals surface area contributed by atoms with E-state index in [1.807, 2.05) is 0 Å². The molecule has 2 amide bonds. The van der Waals surface area contributed by atoms with Crippen molar-refractivity contribution in [3.05, 3.63) is 58.4 Å². The Morgan fingerprint density at radius 3 is 2.57 bits per heavy atom. The Morgan fingerprint density at radius 1 is 1.00 bits per heavy atom. The molecule has 1 aliphatic rings. The summed E-state index contributed by atoms with van der Waals surface area (Å²) in [6, 6.07) is 8.11. The first-order valence-corrected chi connectivity index (χ1v) is 6.88. The fourth-order valence-electron chi connectivity index (χ4n) is 1.96. The number of ether oxygens (including phenoxy) is 2. The summed E-state index contributed by atoms with van der Waals surface area (Å²) in [6.45, 7) is 0.0885. The molecule has 0 atom stereocenters. The van der Waals surface area contributed by atoms with Gasteiger partial charge in [0.15, 0.2) is 11.5 Å². The molecule has 6 nitrogen and oxygen atoms in total. The molecule has 0 radical (unpaired) electrons. The van der Waals surface area contributed by atoms with Gasteiger partial charge in [-0.25, -0.2) is 4.39 Å². The maximum Gasteiger partial charge on any atom is 0.272 e. The molecule has 118 valence electrons. The summed E-state index contributed by atoms with van der Waals surface area (Å²) in [7, 11) is 0. The van der Waals surface area contributed by atoms with Crippen molar-refractivity contribution in [3.8, 4) is 11.5 Å². The van der Waals surface area contributed by atoms with Crippen LogP contribution in [0.2, 0.25) is 5.02 Å². The summed E-state index contributed by atoms with van der Waals surface area (Å²) >= 11 is 5.71. The molecule has 1 heterocycles. The third-order valence-corrected chi connectivity index (χ3v) is 3.33. The molecule has 0 saturated carbocycles. The van der Waals surface area contributed by atoms with Crippen LogP contribution in [-0.4, -0.2) is 18.6 Å². The number of hydrogen-bond donors (Lipinski definition) is 2. The Balaban J connectivity index is 1.67. The van der Waals surface area contributed by atoms with Crippen molar-refractivity contribution in [1.82, 2.24) is 10.9 Å². The maximum absolute atomic E-state index is 13.6. The molecule has 0 spiro atoms. The van der Waals surface area contributed by atoms with Crippen molar-refractivity contribution in [2.24, 2.45) is 0 Å². The molecule has 0 fully saturated rings. The van der Waals surface area contributed by atoms with Crippen molar-refractivity contribution < 1.29 is 23.5 Å². The molecular formula is C15H10ClFN2O4. The van der Waals surface area contributed by atoms with Gasteiger partial charge in [-0.15, -0.1) is 0 Å². The Kier molecular flexibility index (Phi) is 4.03. The summed E-state index contributed by atoms with van der Waals surface area (Å²) in [4.78, 5) is 23.9. The van der Waals surface area contributed by atoms with Gasteiger partial charge in [0.05, 0.1) is 5.56 Å². The van der Waals surface area contributed by atoms with Crippen LogP contribution < -0.4 is 20.3 Å². The quantitative estimate of drug-likeness (QED) is 0.825. The number of hydrogen-bond acceptors (Lipinski definition) is 4. The first kappa shape index (κ1) is 15.1. The van der Waals surface area contributed by atoms with Gasteiger partial charge in [0.2, 0.25) is 6.79 Å². The highest BCUT2D eigenvalue weighted by Gasteiger charge is 2.17. The number of halogens is 2.